The number of aryl methyl sites for hydroxylation is 1. The number of anilines is 1. The standard InChI is InChI=1S/C14H21N3O2/c1-11-5-6-13(14(9-11)17(18)19)15-10-12(2)16-7-3-4-8-16/h5-6,9,12,15H,3-4,7-8,10H2,1-2H3. The van der Waals surface area contributed by atoms with Gasteiger partial charge in [-0.3, -0.25) is 15.0 Å². The van der Waals surface area contributed by atoms with Crippen molar-refractivity contribution >= 4 is 11.4 Å². The Bertz CT molecular complexity index is 456. The predicted octanol–water partition coefficient (Wildman–Crippen LogP) is 2.80. The highest BCUT2D eigenvalue weighted by Crippen LogP contribution is 2.25. The van der Waals surface area contributed by atoms with Crippen molar-refractivity contribution in [2.45, 2.75) is 32.7 Å². The first-order valence-corrected chi connectivity index (χ1v) is 6.81. The summed E-state index contributed by atoms with van der Waals surface area (Å²) < 4.78 is 0. The molecule has 1 atom stereocenters. The van der Waals surface area contributed by atoms with E-state index in [0.717, 1.165) is 25.2 Å². The van der Waals surface area contributed by atoms with E-state index in [1.165, 1.54) is 12.8 Å². The van der Waals surface area contributed by atoms with Crippen LogP contribution in [-0.4, -0.2) is 35.5 Å². The van der Waals surface area contributed by atoms with Crippen LogP contribution in [0.2, 0.25) is 0 Å². The maximum atomic E-state index is 11.0. The fourth-order valence-electron chi connectivity index (χ4n) is 2.51. The van der Waals surface area contributed by atoms with E-state index >= 15 is 0 Å². The third kappa shape index (κ3) is 3.44. The van der Waals surface area contributed by atoms with Gasteiger partial charge in [-0.05, 0) is 51.4 Å². The molecule has 5 nitrogen and oxygen atoms in total. The molecule has 19 heavy (non-hydrogen) atoms. The van der Waals surface area contributed by atoms with Crippen molar-refractivity contribution in [3.63, 3.8) is 0 Å². The van der Waals surface area contributed by atoms with E-state index in [0.29, 0.717) is 11.7 Å². The lowest BCUT2D eigenvalue weighted by atomic mass is 10.2. The summed E-state index contributed by atoms with van der Waals surface area (Å²) in [5.74, 6) is 0. The normalized spacial score (nSPS) is 17.4. The zero-order valence-corrected chi connectivity index (χ0v) is 11.6. The van der Waals surface area contributed by atoms with Crippen LogP contribution in [-0.2, 0) is 0 Å². The van der Waals surface area contributed by atoms with Crippen LogP contribution in [0.25, 0.3) is 0 Å². The van der Waals surface area contributed by atoms with E-state index in [2.05, 4.69) is 17.1 Å². The van der Waals surface area contributed by atoms with Crippen molar-refractivity contribution in [3.05, 3.63) is 33.9 Å². The van der Waals surface area contributed by atoms with E-state index in [-0.39, 0.29) is 10.6 Å². The van der Waals surface area contributed by atoms with Crippen molar-refractivity contribution in [2.24, 2.45) is 0 Å². The number of rotatable bonds is 5. The molecule has 2 rings (SSSR count). The SMILES string of the molecule is Cc1ccc(NCC(C)N2CCCC2)c([N+](=O)[O-])c1. The third-order valence-electron chi connectivity index (χ3n) is 3.70. The molecule has 5 heteroatoms. The zero-order valence-electron chi connectivity index (χ0n) is 11.6. The molecule has 0 saturated carbocycles. The first kappa shape index (κ1) is 13.8. The molecular weight excluding hydrogens is 242 g/mol. The molecule has 0 aliphatic carbocycles. The zero-order chi connectivity index (χ0) is 13.8. The number of nitro groups is 1. The minimum atomic E-state index is -0.324. The van der Waals surface area contributed by atoms with Gasteiger partial charge in [0.25, 0.3) is 5.69 Å². The molecule has 1 aromatic carbocycles. The second kappa shape index (κ2) is 6.02. The van der Waals surface area contributed by atoms with Crippen molar-refractivity contribution in [1.82, 2.24) is 4.90 Å². The fourth-order valence-corrected chi connectivity index (χ4v) is 2.51. The van der Waals surface area contributed by atoms with Gasteiger partial charge in [0, 0.05) is 18.7 Å². The van der Waals surface area contributed by atoms with Gasteiger partial charge in [0.2, 0.25) is 0 Å². The van der Waals surface area contributed by atoms with E-state index < -0.39 is 0 Å². The van der Waals surface area contributed by atoms with E-state index in [9.17, 15) is 10.1 Å². The predicted molar refractivity (Wildman–Crippen MR) is 76.6 cm³/mol. The number of nitrogens with zero attached hydrogens (tertiary/aromatic N) is 2. The molecule has 1 N–H and O–H groups in total. The molecule has 1 saturated heterocycles. The smallest absolute Gasteiger partial charge is 0.292 e. The Balaban J connectivity index is 2.00. The highest BCUT2D eigenvalue weighted by Gasteiger charge is 2.19. The van der Waals surface area contributed by atoms with Crippen LogP contribution in [0.15, 0.2) is 18.2 Å². The van der Waals surface area contributed by atoms with Gasteiger partial charge >= 0.3 is 0 Å². The van der Waals surface area contributed by atoms with Gasteiger partial charge in [-0.2, -0.15) is 0 Å². The first-order valence-electron chi connectivity index (χ1n) is 6.81. The number of nitrogens with one attached hydrogen (secondary N) is 1. The second-order valence-electron chi connectivity index (χ2n) is 5.25. The van der Waals surface area contributed by atoms with Crippen LogP contribution in [0.4, 0.5) is 11.4 Å². The first-order chi connectivity index (χ1) is 9.08. The fraction of sp³-hybridized carbons (Fsp3) is 0.571. The molecule has 1 fully saturated rings. The van der Waals surface area contributed by atoms with Gasteiger partial charge < -0.3 is 5.32 Å². The van der Waals surface area contributed by atoms with Crippen LogP contribution < -0.4 is 5.32 Å². The maximum absolute atomic E-state index is 11.0. The van der Waals surface area contributed by atoms with Crippen LogP contribution in [0.1, 0.15) is 25.3 Å². The van der Waals surface area contributed by atoms with E-state index in [1.807, 2.05) is 13.0 Å². The summed E-state index contributed by atoms with van der Waals surface area (Å²) in [4.78, 5) is 13.1. The maximum Gasteiger partial charge on any atom is 0.292 e. The minimum Gasteiger partial charge on any atom is -0.378 e. The molecule has 1 aliphatic heterocycles. The second-order valence-corrected chi connectivity index (χ2v) is 5.25. The molecular formula is C14H21N3O2. The van der Waals surface area contributed by atoms with Gasteiger partial charge in [0.05, 0.1) is 4.92 Å². The molecule has 0 aromatic heterocycles. The lowest BCUT2D eigenvalue weighted by Gasteiger charge is -2.24. The van der Waals surface area contributed by atoms with Gasteiger partial charge in [-0.25, -0.2) is 0 Å². The highest BCUT2D eigenvalue weighted by molar-refractivity contribution is 5.62. The largest absolute Gasteiger partial charge is 0.378 e. The van der Waals surface area contributed by atoms with Crippen molar-refractivity contribution < 1.29 is 4.92 Å². The summed E-state index contributed by atoms with van der Waals surface area (Å²) in [5.41, 5.74) is 1.68. The highest BCUT2D eigenvalue weighted by atomic mass is 16.6. The van der Waals surface area contributed by atoms with E-state index in [1.54, 1.807) is 12.1 Å². The summed E-state index contributed by atoms with van der Waals surface area (Å²) in [6.07, 6.45) is 2.52. The Labute approximate surface area is 113 Å². The van der Waals surface area contributed by atoms with Crippen LogP contribution in [0.5, 0.6) is 0 Å². The molecule has 0 spiro atoms. The van der Waals surface area contributed by atoms with Gasteiger partial charge in [0.1, 0.15) is 5.69 Å². The monoisotopic (exact) mass is 263 g/mol. The van der Waals surface area contributed by atoms with Crippen LogP contribution in [0.3, 0.4) is 0 Å². The summed E-state index contributed by atoms with van der Waals surface area (Å²) in [6, 6.07) is 5.71. The number of hydrogen-bond donors (Lipinski definition) is 1. The summed E-state index contributed by atoms with van der Waals surface area (Å²) in [6.45, 7) is 7.05. The van der Waals surface area contributed by atoms with Gasteiger partial charge in [-0.15, -0.1) is 0 Å². The summed E-state index contributed by atoms with van der Waals surface area (Å²) in [5, 5.41) is 14.2. The number of benzene rings is 1. The molecule has 0 amide bonds. The molecule has 1 aromatic rings. The number of likely N-dealkylation sites (tertiary alicyclic amines) is 1. The molecule has 1 aliphatic rings. The molecule has 0 bridgehead atoms. The summed E-state index contributed by atoms with van der Waals surface area (Å²) >= 11 is 0. The Hall–Kier alpha value is -1.62. The average Bonchev–Trinajstić information content (AvgIpc) is 2.90. The Kier molecular flexibility index (Phi) is 4.37. The van der Waals surface area contributed by atoms with Crippen molar-refractivity contribution in [2.75, 3.05) is 25.0 Å². The van der Waals surface area contributed by atoms with Crippen molar-refractivity contribution in [3.8, 4) is 0 Å². The van der Waals surface area contributed by atoms with Crippen molar-refractivity contribution in [1.29, 1.82) is 0 Å². The Morgan fingerprint density at radius 3 is 2.74 bits per heavy atom. The average molecular weight is 263 g/mol. The number of hydrogen-bond acceptors (Lipinski definition) is 4. The lowest BCUT2D eigenvalue weighted by molar-refractivity contribution is -0.384. The molecule has 0 radical (unpaired) electrons. The molecule has 1 heterocycles. The quantitative estimate of drug-likeness (QED) is 0.655. The molecule has 1 unspecified atom stereocenters. The third-order valence-corrected chi connectivity index (χ3v) is 3.70. The summed E-state index contributed by atoms with van der Waals surface area (Å²) in [7, 11) is 0. The van der Waals surface area contributed by atoms with Crippen LogP contribution in [0, 0.1) is 17.0 Å². The molecule has 104 valence electrons. The topological polar surface area (TPSA) is 58.4 Å². The minimum absolute atomic E-state index is 0.161. The van der Waals surface area contributed by atoms with Gasteiger partial charge in [-0.1, -0.05) is 6.07 Å². The Morgan fingerprint density at radius 1 is 1.42 bits per heavy atom. The Morgan fingerprint density at radius 2 is 2.11 bits per heavy atom. The van der Waals surface area contributed by atoms with Crippen LogP contribution >= 0.6 is 0 Å². The van der Waals surface area contributed by atoms with Gasteiger partial charge in [0.15, 0.2) is 0 Å². The number of nitro benzene ring substituents is 1. The van der Waals surface area contributed by atoms with E-state index in [4.69, 9.17) is 0 Å². The lowest BCUT2D eigenvalue weighted by Crippen LogP contribution is -2.35.